The number of hydrogen-bond acceptors (Lipinski definition) is 2. The number of rotatable bonds is 5. The fourth-order valence-corrected chi connectivity index (χ4v) is 3.98. The van der Waals surface area contributed by atoms with E-state index in [0.29, 0.717) is 12.3 Å². The van der Waals surface area contributed by atoms with Crippen molar-refractivity contribution in [1.29, 1.82) is 0 Å². The predicted molar refractivity (Wildman–Crippen MR) is 108 cm³/mol. The van der Waals surface area contributed by atoms with Gasteiger partial charge in [-0.15, -0.1) is 0 Å². The van der Waals surface area contributed by atoms with E-state index < -0.39 is 0 Å². The van der Waals surface area contributed by atoms with Crippen LogP contribution in [0.2, 0.25) is 0 Å². The van der Waals surface area contributed by atoms with Crippen molar-refractivity contribution < 1.29 is 4.79 Å². The number of amides is 1. The van der Waals surface area contributed by atoms with Gasteiger partial charge in [-0.3, -0.25) is 9.79 Å². The predicted octanol–water partition coefficient (Wildman–Crippen LogP) is 3.49. The van der Waals surface area contributed by atoms with Gasteiger partial charge in [-0.25, -0.2) is 0 Å². The van der Waals surface area contributed by atoms with Crippen molar-refractivity contribution >= 4 is 17.6 Å². The molecule has 0 saturated heterocycles. The Balaban J connectivity index is 1.58. The third kappa shape index (κ3) is 4.99. The molecular formula is C21H32N4O. The highest BCUT2D eigenvalue weighted by atomic mass is 16.1. The number of benzene rings is 1. The Morgan fingerprint density at radius 2 is 1.96 bits per heavy atom. The number of aliphatic imine (C=N–C) groups is 1. The summed E-state index contributed by atoms with van der Waals surface area (Å²) in [5.74, 6) is 2.73. The van der Waals surface area contributed by atoms with Crippen molar-refractivity contribution in [3.63, 3.8) is 0 Å². The Bertz CT molecular complexity index is 635. The van der Waals surface area contributed by atoms with Crippen molar-refractivity contribution in [2.24, 2.45) is 16.8 Å². The summed E-state index contributed by atoms with van der Waals surface area (Å²) in [4.78, 5) is 16.8. The van der Waals surface area contributed by atoms with E-state index in [1.807, 2.05) is 18.2 Å². The summed E-state index contributed by atoms with van der Waals surface area (Å²) in [7, 11) is 0. The first-order valence-corrected chi connectivity index (χ1v) is 10.1. The second kappa shape index (κ2) is 9.06. The lowest BCUT2D eigenvalue weighted by molar-refractivity contribution is -0.116. The van der Waals surface area contributed by atoms with Crippen LogP contribution in [0, 0.1) is 11.8 Å². The smallest absolute Gasteiger partial charge is 0.225 e. The maximum Gasteiger partial charge on any atom is 0.225 e. The molecule has 1 saturated carbocycles. The van der Waals surface area contributed by atoms with Gasteiger partial charge in [0.2, 0.25) is 5.91 Å². The average Bonchev–Trinajstić information content (AvgIpc) is 2.65. The molecule has 5 heteroatoms. The molecular weight excluding hydrogens is 324 g/mol. The summed E-state index contributed by atoms with van der Waals surface area (Å²) in [6.45, 7) is 6.89. The van der Waals surface area contributed by atoms with E-state index in [9.17, 15) is 4.79 Å². The fraction of sp³-hybridized carbons (Fsp3) is 0.619. The zero-order valence-corrected chi connectivity index (χ0v) is 16.1. The number of fused-ring (bicyclic) bond motifs is 1. The van der Waals surface area contributed by atoms with E-state index >= 15 is 0 Å². The molecule has 3 rings (SSSR count). The van der Waals surface area contributed by atoms with Crippen molar-refractivity contribution in [3.05, 3.63) is 29.8 Å². The molecule has 5 nitrogen and oxygen atoms in total. The minimum Gasteiger partial charge on any atom is -0.357 e. The standard InChI is InChI=1S/C21H32N4O/c1-3-22-21(23-13-16-10-8-15(2)9-11-16)24-14-17-12-20(26)25-19-7-5-4-6-18(17)19/h4-7,15-17H,3,8-14H2,1-2H3,(H,25,26)(H2,22,23,24). The normalized spacial score (nSPS) is 26.0. The number of guanidine groups is 1. The third-order valence-electron chi connectivity index (χ3n) is 5.61. The first-order valence-electron chi connectivity index (χ1n) is 10.1. The lowest BCUT2D eigenvalue weighted by Gasteiger charge is -2.27. The average molecular weight is 357 g/mol. The van der Waals surface area contributed by atoms with Crippen LogP contribution in [0.1, 0.15) is 57.4 Å². The SMILES string of the molecule is CCNC(=NCC1CCC(C)CC1)NCC1CC(=O)Nc2ccccc21. The Kier molecular flexibility index (Phi) is 6.53. The second-order valence-corrected chi connectivity index (χ2v) is 7.76. The molecule has 1 amide bonds. The zero-order chi connectivity index (χ0) is 18.4. The number of nitrogens with zero attached hydrogens (tertiary/aromatic N) is 1. The molecule has 1 aliphatic heterocycles. The number of anilines is 1. The molecule has 1 aliphatic carbocycles. The molecule has 1 aromatic carbocycles. The maximum atomic E-state index is 12.0. The molecule has 26 heavy (non-hydrogen) atoms. The van der Waals surface area contributed by atoms with E-state index in [1.165, 1.54) is 31.2 Å². The van der Waals surface area contributed by atoms with Crippen LogP contribution in [0.4, 0.5) is 5.69 Å². The van der Waals surface area contributed by atoms with Crippen LogP contribution < -0.4 is 16.0 Å². The van der Waals surface area contributed by atoms with Crippen molar-refractivity contribution in [2.75, 3.05) is 25.0 Å². The minimum absolute atomic E-state index is 0.0914. The first-order chi connectivity index (χ1) is 12.7. The first kappa shape index (κ1) is 18.7. The Morgan fingerprint density at radius 3 is 2.73 bits per heavy atom. The summed E-state index contributed by atoms with van der Waals surface area (Å²) < 4.78 is 0. The fourth-order valence-electron chi connectivity index (χ4n) is 3.98. The summed E-state index contributed by atoms with van der Waals surface area (Å²) in [6.07, 6.45) is 5.76. The van der Waals surface area contributed by atoms with Crippen LogP contribution >= 0.6 is 0 Å². The van der Waals surface area contributed by atoms with Crippen LogP contribution in [0.5, 0.6) is 0 Å². The zero-order valence-electron chi connectivity index (χ0n) is 16.1. The summed E-state index contributed by atoms with van der Waals surface area (Å²) >= 11 is 0. The Labute approximate surface area is 157 Å². The largest absolute Gasteiger partial charge is 0.357 e. The van der Waals surface area contributed by atoms with E-state index in [1.54, 1.807) is 0 Å². The molecule has 0 aromatic heterocycles. The van der Waals surface area contributed by atoms with Gasteiger partial charge < -0.3 is 16.0 Å². The van der Waals surface area contributed by atoms with Crippen LogP contribution in [0.3, 0.4) is 0 Å². The number of para-hydroxylation sites is 1. The molecule has 142 valence electrons. The van der Waals surface area contributed by atoms with Crippen LogP contribution in [0.25, 0.3) is 0 Å². The number of nitrogens with one attached hydrogen (secondary N) is 3. The monoisotopic (exact) mass is 356 g/mol. The summed E-state index contributed by atoms with van der Waals surface area (Å²) in [5, 5.41) is 9.76. The van der Waals surface area contributed by atoms with Crippen LogP contribution in [-0.2, 0) is 4.79 Å². The van der Waals surface area contributed by atoms with E-state index in [4.69, 9.17) is 4.99 Å². The number of carbonyl (C=O) groups excluding carboxylic acids is 1. The van der Waals surface area contributed by atoms with Gasteiger partial charge in [0.1, 0.15) is 0 Å². The second-order valence-electron chi connectivity index (χ2n) is 7.76. The number of hydrogen-bond donors (Lipinski definition) is 3. The topological polar surface area (TPSA) is 65.5 Å². The molecule has 1 heterocycles. The van der Waals surface area contributed by atoms with Gasteiger partial charge in [-0.1, -0.05) is 38.0 Å². The van der Waals surface area contributed by atoms with Gasteiger partial charge in [-0.2, -0.15) is 0 Å². The Hall–Kier alpha value is -2.04. The van der Waals surface area contributed by atoms with E-state index in [0.717, 1.165) is 37.2 Å². The molecule has 0 radical (unpaired) electrons. The van der Waals surface area contributed by atoms with Crippen molar-refractivity contribution in [1.82, 2.24) is 10.6 Å². The third-order valence-corrected chi connectivity index (χ3v) is 5.61. The van der Waals surface area contributed by atoms with E-state index in [-0.39, 0.29) is 11.8 Å². The van der Waals surface area contributed by atoms with Gasteiger partial charge in [0.05, 0.1) is 0 Å². The Morgan fingerprint density at radius 1 is 1.19 bits per heavy atom. The van der Waals surface area contributed by atoms with Crippen molar-refractivity contribution in [3.8, 4) is 0 Å². The lowest BCUT2D eigenvalue weighted by Crippen LogP contribution is -2.41. The maximum absolute atomic E-state index is 12.0. The molecule has 0 spiro atoms. The van der Waals surface area contributed by atoms with Gasteiger partial charge in [-0.05, 0) is 43.2 Å². The molecule has 0 bridgehead atoms. The highest BCUT2D eigenvalue weighted by molar-refractivity contribution is 5.94. The van der Waals surface area contributed by atoms with Gasteiger partial charge in [0, 0.05) is 37.7 Å². The molecule has 1 fully saturated rings. The highest BCUT2D eigenvalue weighted by Crippen LogP contribution is 2.31. The quantitative estimate of drug-likeness (QED) is 0.559. The van der Waals surface area contributed by atoms with Gasteiger partial charge in [0.25, 0.3) is 0 Å². The van der Waals surface area contributed by atoms with Gasteiger partial charge >= 0.3 is 0 Å². The summed E-state index contributed by atoms with van der Waals surface area (Å²) in [6, 6.07) is 8.08. The molecule has 3 N–H and O–H groups in total. The number of carbonyl (C=O) groups is 1. The van der Waals surface area contributed by atoms with Crippen LogP contribution in [0.15, 0.2) is 29.3 Å². The van der Waals surface area contributed by atoms with E-state index in [2.05, 4.69) is 35.9 Å². The van der Waals surface area contributed by atoms with Crippen LogP contribution in [-0.4, -0.2) is 31.5 Å². The molecule has 2 aliphatic rings. The molecule has 1 atom stereocenters. The molecule has 1 aromatic rings. The van der Waals surface area contributed by atoms with Crippen molar-refractivity contribution in [2.45, 2.75) is 51.9 Å². The van der Waals surface area contributed by atoms with Gasteiger partial charge in [0.15, 0.2) is 5.96 Å². The summed E-state index contributed by atoms with van der Waals surface area (Å²) in [5.41, 5.74) is 2.14. The molecule has 1 unspecified atom stereocenters. The highest BCUT2D eigenvalue weighted by Gasteiger charge is 2.25. The lowest BCUT2D eigenvalue weighted by atomic mass is 9.83. The minimum atomic E-state index is 0.0914.